The van der Waals surface area contributed by atoms with Gasteiger partial charge in [-0.2, -0.15) is 5.10 Å². The Bertz CT molecular complexity index is 797. The maximum atomic E-state index is 12.9. The molecule has 124 valence electrons. The van der Waals surface area contributed by atoms with E-state index in [0.717, 1.165) is 5.69 Å². The third-order valence-corrected chi connectivity index (χ3v) is 4.05. The number of piperidine rings is 1. The second-order valence-corrected chi connectivity index (χ2v) is 5.80. The van der Waals surface area contributed by atoms with Gasteiger partial charge in [0.25, 0.3) is 5.91 Å². The summed E-state index contributed by atoms with van der Waals surface area (Å²) in [5.74, 6) is -1.05. The summed E-state index contributed by atoms with van der Waals surface area (Å²) >= 11 is 0. The molecule has 1 aromatic carbocycles. The molecule has 3 rings (SSSR count). The van der Waals surface area contributed by atoms with E-state index in [4.69, 9.17) is 0 Å². The minimum absolute atomic E-state index is 0.227. The highest BCUT2D eigenvalue weighted by Gasteiger charge is 2.33. The maximum Gasteiger partial charge on any atom is 0.273 e. The van der Waals surface area contributed by atoms with Crippen LogP contribution in [0.5, 0.6) is 0 Å². The van der Waals surface area contributed by atoms with Crippen LogP contribution in [0.25, 0.3) is 5.69 Å². The lowest BCUT2D eigenvalue weighted by atomic mass is 10.0. The maximum absolute atomic E-state index is 12.9. The molecule has 1 saturated heterocycles. The third-order valence-electron chi connectivity index (χ3n) is 4.05. The molecule has 1 atom stereocenters. The molecule has 1 aromatic heterocycles. The lowest BCUT2D eigenvalue weighted by Gasteiger charge is -2.29. The first kappa shape index (κ1) is 15.9. The Morgan fingerprint density at radius 3 is 2.67 bits per heavy atom. The number of aryl methyl sites for hydroxylation is 1. The molecule has 1 unspecified atom stereocenters. The van der Waals surface area contributed by atoms with Crippen LogP contribution in [-0.2, 0) is 9.59 Å². The zero-order valence-electron chi connectivity index (χ0n) is 13.5. The van der Waals surface area contributed by atoms with Gasteiger partial charge in [-0.3, -0.25) is 19.7 Å². The minimum atomic E-state index is -0.658. The molecule has 2 aromatic rings. The number of aromatic nitrogens is 2. The molecule has 1 aliphatic heterocycles. The first-order valence-electron chi connectivity index (χ1n) is 7.70. The number of imide groups is 1. The van der Waals surface area contributed by atoms with Crippen LogP contribution in [0.1, 0.15) is 29.0 Å². The van der Waals surface area contributed by atoms with Gasteiger partial charge in [-0.05, 0) is 31.5 Å². The Balaban J connectivity index is 1.90. The summed E-state index contributed by atoms with van der Waals surface area (Å²) in [5, 5.41) is 6.65. The highest BCUT2D eigenvalue weighted by atomic mass is 16.2. The fourth-order valence-electron chi connectivity index (χ4n) is 2.79. The van der Waals surface area contributed by atoms with Crippen molar-refractivity contribution in [3.63, 3.8) is 0 Å². The first-order chi connectivity index (χ1) is 11.5. The predicted octanol–water partition coefficient (Wildman–Crippen LogP) is 1.06. The molecule has 1 N–H and O–H groups in total. The summed E-state index contributed by atoms with van der Waals surface area (Å²) in [6.45, 7) is 1.81. The molecule has 0 bridgehead atoms. The quantitative estimate of drug-likeness (QED) is 0.855. The van der Waals surface area contributed by atoms with Crippen LogP contribution in [0, 0.1) is 6.92 Å². The van der Waals surface area contributed by atoms with Crippen molar-refractivity contribution in [3.05, 3.63) is 47.8 Å². The fraction of sp³-hybridized carbons (Fsp3) is 0.294. The normalized spacial score (nSPS) is 17.5. The number of hydrogen-bond donors (Lipinski definition) is 1. The lowest BCUT2D eigenvalue weighted by Crippen LogP contribution is -2.53. The van der Waals surface area contributed by atoms with Crippen LogP contribution < -0.4 is 5.32 Å². The molecule has 0 aliphatic carbocycles. The molecule has 1 fully saturated rings. The van der Waals surface area contributed by atoms with Crippen molar-refractivity contribution in [2.24, 2.45) is 0 Å². The number of amides is 3. The van der Waals surface area contributed by atoms with Crippen molar-refractivity contribution in [2.75, 3.05) is 7.05 Å². The van der Waals surface area contributed by atoms with E-state index >= 15 is 0 Å². The van der Waals surface area contributed by atoms with Gasteiger partial charge in [0, 0.05) is 13.5 Å². The number of likely N-dealkylation sites (N-methyl/N-ethyl adjacent to an activating group) is 1. The highest BCUT2D eigenvalue weighted by Crippen LogP contribution is 2.18. The summed E-state index contributed by atoms with van der Waals surface area (Å²) in [6.07, 6.45) is 0.552. The molecule has 0 saturated carbocycles. The van der Waals surface area contributed by atoms with E-state index in [-0.39, 0.29) is 18.2 Å². The average molecular weight is 326 g/mol. The van der Waals surface area contributed by atoms with Gasteiger partial charge in [0.15, 0.2) is 0 Å². The Morgan fingerprint density at radius 2 is 2.00 bits per heavy atom. The van der Waals surface area contributed by atoms with E-state index in [1.807, 2.05) is 37.3 Å². The Kier molecular flexibility index (Phi) is 4.16. The van der Waals surface area contributed by atoms with E-state index in [9.17, 15) is 14.4 Å². The second kappa shape index (κ2) is 6.27. The number of carbonyl (C=O) groups is 3. The SMILES string of the molecule is Cc1cc(C(=O)N(C)C2CCC(=O)NC2=O)n(-c2ccccc2)n1. The first-order valence-corrected chi connectivity index (χ1v) is 7.70. The van der Waals surface area contributed by atoms with Gasteiger partial charge in [-0.15, -0.1) is 0 Å². The van der Waals surface area contributed by atoms with Crippen molar-refractivity contribution in [1.29, 1.82) is 0 Å². The van der Waals surface area contributed by atoms with E-state index in [2.05, 4.69) is 10.4 Å². The standard InChI is InChI=1S/C17H18N4O3/c1-11-10-14(21(19-11)12-6-4-3-5-7-12)17(24)20(2)13-8-9-15(22)18-16(13)23/h3-7,10,13H,8-9H2,1-2H3,(H,18,22,23). The number of nitrogens with one attached hydrogen (secondary N) is 1. The van der Waals surface area contributed by atoms with Crippen LogP contribution in [0.15, 0.2) is 36.4 Å². The van der Waals surface area contributed by atoms with Gasteiger partial charge in [-0.1, -0.05) is 18.2 Å². The van der Waals surface area contributed by atoms with E-state index in [0.29, 0.717) is 17.8 Å². The van der Waals surface area contributed by atoms with Crippen LogP contribution in [0.2, 0.25) is 0 Å². The topological polar surface area (TPSA) is 84.3 Å². The van der Waals surface area contributed by atoms with E-state index in [1.54, 1.807) is 17.8 Å². The summed E-state index contributed by atoms with van der Waals surface area (Å²) in [4.78, 5) is 37.5. The van der Waals surface area contributed by atoms with Crippen molar-refractivity contribution in [2.45, 2.75) is 25.8 Å². The molecule has 1 aliphatic rings. The number of rotatable bonds is 3. The largest absolute Gasteiger partial charge is 0.328 e. The molecular weight excluding hydrogens is 308 g/mol. The Labute approximate surface area is 139 Å². The van der Waals surface area contributed by atoms with Gasteiger partial charge < -0.3 is 4.90 Å². The van der Waals surface area contributed by atoms with Crippen LogP contribution in [0.3, 0.4) is 0 Å². The highest BCUT2D eigenvalue weighted by molar-refractivity contribution is 6.03. The number of hydrogen-bond acceptors (Lipinski definition) is 4. The number of nitrogens with zero attached hydrogens (tertiary/aromatic N) is 3. The molecule has 3 amide bonds. The van der Waals surface area contributed by atoms with Crippen molar-refractivity contribution >= 4 is 17.7 Å². The summed E-state index contributed by atoms with van der Waals surface area (Å²) < 4.78 is 1.57. The molecule has 2 heterocycles. The molecule has 7 heteroatoms. The van der Waals surface area contributed by atoms with Gasteiger partial charge in [-0.25, -0.2) is 4.68 Å². The van der Waals surface area contributed by atoms with Gasteiger partial charge in [0.1, 0.15) is 11.7 Å². The average Bonchev–Trinajstić information content (AvgIpc) is 2.96. The monoisotopic (exact) mass is 326 g/mol. The van der Waals surface area contributed by atoms with Gasteiger partial charge in [0.2, 0.25) is 11.8 Å². The third kappa shape index (κ3) is 2.92. The van der Waals surface area contributed by atoms with Crippen molar-refractivity contribution < 1.29 is 14.4 Å². The Hall–Kier alpha value is -2.96. The predicted molar refractivity (Wildman–Crippen MR) is 86.6 cm³/mol. The second-order valence-electron chi connectivity index (χ2n) is 5.80. The fourth-order valence-corrected chi connectivity index (χ4v) is 2.79. The van der Waals surface area contributed by atoms with Gasteiger partial charge in [0.05, 0.1) is 11.4 Å². The van der Waals surface area contributed by atoms with Crippen molar-refractivity contribution in [1.82, 2.24) is 20.0 Å². The number of carbonyl (C=O) groups excluding carboxylic acids is 3. The zero-order chi connectivity index (χ0) is 17.3. The minimum Gasteiger partial charge on any atom is -0.328 e. The van der Waals surface area contributed by atoms with Crippen LogP contribution in [0.4, 0.5) is 0 Å². The zero-order valence-corrected chi connectivity index (χ0v) is 13.5. The summed E-state index contributed by atoms with van der Waals surface area (Å²) in [5.41, 5.74) is 1.86. The van der Waals surface area contributed by atoms with Gasteiger partial charge >= 0.3 is 0 Å². The lowest BCUT2D eigenvalue weighted by molar-refractivity contribution is -0.136. The van der Waals surface area contributed by atoms with Crippen LogP contribution >= 0.6 is 0 Å². The number of para-hydroxylation sites is 1. The van der Waals surface area contributed by atoms with E-state index in [1.165, 1.54) is 4.90 Å². The summed E-state index contributed by atoms with van der Waals surface area (Å²) in [7, 11) is 1.57. The van der Waals surface area contributed by atoms with Crippen molar-refractivity contribution in [3.8, 4) is 5.69 Å². The smallest absolute Gasteiger partial charge is 0.273 e. The molecular formula is C17H18N4O3. The number of benzene rings is 1. The molecule has 0 radical (unpaired) electrons. The molecule has 24 heavy (non-hydrogen) atoms. The molecule has 0 spiro atoms. The Morgan fingerprint density at radius 1 is 1.29 bits per heavy atom. The van der Waals surface area contributed by atoms with Crippen LogP contribution in [-0.4, -0.2) is 45.5 Å². The molecule has 7 nitrogen and oxygen atoms in total. The summed E-state index contributed by atoms with van der Waals surface area (Å²) in [6, 6.07) is 10.4. The van der Waals surface area contributed by atoms with E-state index < -0.39 is 11.9 Å².